The van der Waals surface area contributed by atoms with Gasteiger partial charge < -0.3 is 5.32 Å². The maximum Gasteiger partial charge on any atom is 0.286 e. The van der Waals surface area contributed by atoms with E-state index in [1.807, 2.05) is 26.0 Å². The van der Waals surface area contributed by atoms with E-state index in [1.54, 1.807) is 12.1 Å². The predicted molar refractivity (Wildman–Crippen MR) is 76.8 cm³/mol. The summed E-state index contributed by atoms with van der Waals surface area (Å²) in [6.07, 6.45) is 0. The van der Waals surface area contributed by atoms with Crippen LogP contribution in [-0.2, 0) is 10.0 Å². The van der Waals surface area contributed by atoms with Crippen LogP contribution in [0.25, 0.3) is 0 Å². The Bertz CT molecular complexity index is 673. The molecule has 1 heterocycles. The summed E-state index contributed by atoms with van der Waals surface area (Å²) in [7, 11) is -3.68. The molecule has 0 saturated heterocycles. The molecule has 0 spiro atoms. The fourth-order valence-corrected chi connectivity index (χ4v) is 3.61. The van der Waals surface area contributed by atoms with Crippen molar-refractivity contribution in [1.82, 2.24) is 0 Å². The average molecular weight is 295 g/mol. The molecule has 1 N–H and O–H groups in total. The van der Waals surface area contributed by atoms with Gasteiger partial charge in [-0.1, -0.05) is 31.7 Å². The molecule has 0 fully saturated rings. The van der Waals surface area contributed by atoms with Gasteiger partial charge in [0.05, 0.1) is 17.5 Å². The van der Waals surface area contributed by atoms with Gasteiger partial charge >= 0.3 is 0 Å². The molecule has 2 rings (SSSR count). The molecular weight excluding hydrogens is 282 g/mol. The number of fused-ring (bicyclic) bond motifs is 1. The normalized spacial score (nSPS) is 16.2. The first-order valence-corrected chi connectivity index (χ1v) is 8.12. The molecule has 0 aromatic heterocycles. The number of thioether (sulfide) groups is 1. The highest BCUT2D eigenvalue weighted by Crippen LogP contribution is 2.32. The summed E-state index contributed by atoms with van der Waals surface area (Å²) in [5.41, 5.74) is 1.47. The molecule has 1 aromatic rings. The number of nitrogens with zero attached hydrogens (tertiary/aromatic N) is 2. The van der Waals surface area contributed by atoms with Gasteiger partial charge in [-0.25, -0.2) is 0 Å². The minimum absolute atomic E-state index is 0.154. The molecule has 0 atom stereocenters. The van der Waals surface area contributed by atoms with Gasteiger partial charge in [0.25, 0.3) is 10.0 Å². The van der Waals surface area contributed by atoms with E-state index in [0.29, 0.717) is 5.69 Å². The average Bonchev–Trinajstić information content (AvgIpc) is 2.35. The number of nitriles is 1. The van der Waals surface area contributed by atoms with Crippen molar-refractivity contribution >= 4 is 32.6 Å². The van der Waals surface area contributed by atoms with Gasteiger partial charge in [-0.3, -0.25) is 0 Å². The van der Waals surface area contributed by atoms with Crippen molar-refractivity contribution in [1.29, 1.82) is 5.26 Å². The van der Waals surface area contributed by atoms with Crippen molar-refractivity contribution in [3.8, 4) is 6.07 Å². The first kappa shape index (κ1) is 13.9. The Hall–Kier alpha value is -1.52. The molecule has 1 aliphatic rings. The second kappa shape index (κ2) is 5.23. The standard InChI is InChI=1S/C12H13N3O2S2/c1-8(2)9-3-4-10-11(7-9)19(16,17)15-12(14-10)18-6-5-13/h3-4,7-8H,6H2,1-2H3,(H,14,15). The van der Waals surface area contributed by atoms with E-state index in [4.69, 9.17) is 5.26 Å². The summed E-state index contributed by atoms with van der Waals surface area (Å²) < 4.78 is 27.9. The summed E-state index contributed by atoms with van der Waals surface area (Å²) >= 11 is 1.07. The highest BCUT2D eigenvalue weighted by molar-refractivity contribution is 8.15. The van der Waals surface area contributed by atoms with Crippen molar-refractivity contribution in [2.75, 3.05) is 11.1 Å². The second-order valence-corrected chi connectivity index (χ2v) is 6.89. The van der Waals surface area contributed by atoms with E-state index >= 15 is 0 Å². The van der Waals surface area contributed by atoms with Gasteiger partial charge in [0.15, 0.2) is 5.17 Å². The van der Waals surface area contributed by atoms with Gasteiger partial charge in [0.2, 0.25) is 0 Å². The molecule has 7 heteroatoms. The van der Waals surface area contributed by atoms with Crippen LogP contribution >= 0.6 is 11.8 Å². The number of benzene rings is 1. The van der Waals surface area contributed by atoms with Gasteiger partial charge in [-0.05, 0) is 23.6 Å². The van der Waals surface area contributed by atoms with Crippen molar-refractivity contribution in [2.24, 2.45) is 4.40 Å². The first-order valence-electron chi connectivity index (χ1n) is 5.70. The maximum atomic E-state index is 12.1. The van der Waals surface area contributed by atoms with E-state index in [9.17, 15) is 8.42 Å². The molecule has 1 aliphatic heterocycles. The lowest BCUT2D eigenvalue weighted by Gasteiger charge is -2.18. The number of sulfonamides is 1. The molecule has 0 saturated carbocycles. The largest absolute Gasteiger partial charge is 0.333 e. The second-order valence-electron chi connectivity index (χ2n) is 4.35. The zero-order valence-electron chi connectivity index (χ0n) is 10.5. The Kier molecular flexibility index (Phi) is 3.83. The summed E-state index contributed by atoms with van der Waals surface area (Å²) in [6, 6.07) is 7.22. The van der Waals surface area contributed by atoms with Crippen LogP contribution in [0.4, 0.5) is 5.69 Å². The summed E-state index contributed by atoms with van der Waals surface area (Å²) in [5, 5.41) is 11.7. The van der Waals surface area contributed by atoms with Crippen LogP contribution in [0.1, 0.15) is 25.3 Å². The highest BCUT2D eigenvalue weighted by Gasteiger charge is 2.25. The lowest BCUT2D eigenvalue weighted by atomic mass is 10.0. The Balaban J connectivity index is 2.43. The third-order valence-corrected chi connectivity index (χ3v) is 4.84. The number of anilines is 1. The number of hydrogen-bond acceptors (Lipinski definition) is 5. The van der Waals surface area contributed by atoms with Crippen LogP contribution in [0, 0.1) is 11.3 Å². The molecule has 19 heavy (non-hydrogen) atoms. The monoisotopic (exact) mass is 295 g/mol. The molecule has 0 unspecified atom stereocenters. The van der Waals surface area contributed by atoms with Crippen molar-refractivity contribution in [3.05, 3.63) is 23.8 Å². The summed E-state index contributed by atoms with van der Waals surface area (Å²) in [6.45, 7) is 4.00. The maximum absolute atomic E-state index is 12.1. The third-order valence-electron chi connectivity index (χ3n) is 2.67. The van der Waals surface area contributed by atoms with Crippen LogP contribution < -0.4 is 5.32 Å². The Labute approximate surface area is 116 Å². The number of nitrogens with one attached hydrogen (secondary N) is 1. The number of rotatable bonds is 2. The quantitative estimate of drug-likeness (QED) is 0.906. The Morgan fingerprint density at radius 1 is 1.47 bits per heavy atom. The fourth-order valence-electron chi connectivity index (χ4n) is 1.67. The lowest BCUT2D eigenvalue weighted by molar-refractivity contribution is 0.597. The van der Waals surface area contributed by atoms with Crippen LogP contribution in [-0.4, -0.2) is 19.3 Å². The summed E-state index contributed by atoms with van der Waals surface area (Å²) in [4.78, 5) is 0.194. The first-order chi connectivity index (χ1) is 8.94. The molecule has 1 aromatic carbocycles. The number of amidine groups is 1. The van der Waals surface area contributed by atoms with Crippen LogP contribution in [0.3, 0.4) is 0 Å². The minimum atomic E-state index is -3.68. The van der Waals surface area contributed by atoms with Gasteiger partial charge in [0.1, 0.15) is 4.90 Å². The molecule has 5 nitrogen and oxygen atoms in total. The van der Waals surface area contributed by atoms with E-state index in [-0.39, 0.29) is 21.7 Å². The molecule has 0 radical (unpaired) electrons. The van der Waals surface area contributed by atoms with E-state index in [1.165, 1.54) is 0 Å². The van der Waals surface area contributed by atoms with Gasteiger partial charge in [-0.2, -0.15) is 13.7 Å². The molecule has 0 amide bonds. The number of hydrogen-bond donors (Lipinski definition) is 1. The van der Waals surface area contributed by atoms with Crippen LogP contribution in [0.5, 0.6) is 0 Å². The highest BCUT2D eigenvalue weighted by atomic mass is 32.2. The molecule has 0 bridgehead atoms. The van der Waals surface area contributed by atoms with E-state index in [0.717, 1.165) is 17.3 Å². The molecule has 100 valence electrons. The fraction of sp³-hybridized carbons (Fsp3) is 0.333. The summed E-state index contributed by atoms with van der Waals surface area (Å²) in [5.74, 6) is 0.402. The van der Waals surface area contributed by atoms with Crippen LogP contribution in [0.15, 0.2) is 27.5 Å². The zero-order chi connectivity index (χ0) is 14.0. The van der Waals surface area contributed by atoms with Gasteiger partial charge in [0, 0.05) is 0 Å². The topological polar surface area (TPSA) is 82.3 Å². The van der Waals surface area contributed by atoms with E-state index < -0.39 is 10.0 Å². The van der Waals surface area contributed by atoms with E-state index in [2.05, 4.69) is 9.71 Å². The Morgan fingerprint density at radius 2 is 2.21 bits per heavy atom. The van der Waals surface area contributed by atoms with Crippen molar-refractivity contribution in [2.45, 2.75) is 24.7 Å². The minimum Gasteiger partial charge on any atom is -0.333 e. The SMILES string of the molecule is CC(C)c1ccc2c(c1)S(=O)(=O)N=C(SCC#N)N2. The van der Waals surface area contributed by atoms with Gasteiger partial charge in [-0.15, -0.1) is 4.40 Å². The lowest BCUT2D eigenvalue weighted by Crippen LogP contribution is -2.19. The predicted octanol–water partition coefficient (Wildman–Crippen LogP) is 2.54. The zero-order valence-corrected chi connectivity index (χ0v) is 12.2. The smallest absolute Gasteiger partial charge is 0.286 e. The molecule has 0 aliphatic carbocycles. The molecular formula is C12H13N3O2S2. The third kappa shape index (κ3) is 2.91. The Morgan fingerprint density at radius 3 is 2.84 bits per heavy atom. The van der Waals surface area contributed by atoms with Crippen molar-refractivity contribution in [3.63, 3.8) is 0 Å². The van der Waals surface area contributed by atoms with Crippen LogP contribution in [0.2, 0.25) is 0 Å². The van der Waals surface area contributed by atoms with Crippen molar-refractivity contribution < 1.29 is 8.42 Å².